The summed E-state index contributed by atoms with van der Waals surface area (Å²) in [6.07, 6.45) is 0. The van der Waals surface area contributed by atoms with E-state index in [2.05, 4.69) is 17.9 Å². The highest BCUT2D eigenvalue weighted by atomic mass is 32.2. The SMILES string of the molecule is COc1ccc(CN2CCSC(C)C2)cc1C(=N)N. The molecule has 0 radical (unpaired) electrons. The molecule has 19 heavy (non-hydrogen) atoms. The van der Waals surface area contributed by atoms with Gasteiger partial charge in [-0.05, 0) is 17.7 Å². The zero-order valence-corrected chi connectivity index (χ0v) is 12.3. The molecule has 104 valence electrons. The molecule has 1 aromatic carbocycles. The number of amidine groups is 1. The van der Waals surface area contributed by atoms with Crippen LogP contribution in [-0.4, -0.2) is 41.9 Å². The summed E-state index contributed by atoms with van der Waals surface area (Å²) in [6.45, 7) is 5.42. The summed E-state index contributed by atoms with van der Waals surface area (Å²) in [4.78, 5) is 2.45. The molecule has 3 N–H and O–H groups in total. The molecular formula is C14H21N3OS. The van der Waals surface area contributed by atoms with Gasteiger partial charge in [-0.2, -0.15) is 11.8 Å². The molecule has 1 aliphatic heterocycles. The van der Waals surface area contributed by atoms with E-state index in [4.69, 9.17) is 15.9 Å². The molecular weight excluding hydrogens is 258 g/mol. The highest BCUT2D eigenvalue weighted by molar-refractivity contribution is 7.99. The summed E-state index contributed by atoms with van der Waals surface area (Å²) in [5.41, 5.74) is 7.47. The molecule has 1 heterocycles. The van der Waals surface area contributed by atoms with E-state index >= 15 is 0 Å². The van der Waals surface area contributed by atoms with Gasteiger partial charge in [0, 0.05) is 30.6 Å². The van der Waals surface area contributed by atoms with E-state index in [1.54, 1.807) is 7.11 Å². The Balaban J connectivity index is 2.12. The minimum atomic E-state index is 0.0567. The fourth-order valence-corrected chi connectivity index (χ4v) is 3.44. The van der Waals surface area contributed by atoms with Gasteiger partial charge in [-0.1, -0.05) is 13.0 Å². The van der Waals surface area contributed by atoms with Crippen molar-refractivity contribution in [1.29, 1.82) is 5.41 Å². The van der Waals surface area contributed by atoms with Gasteiger partial charge in [0.05, 0.1) is 12.7 Å². The minimum Gasteiger partial charge on any atom is -0.496 e. The maximum Gasteiger partial charge on any atom is 0.129 e. The summed E-state index contributed by atoms with van der Waals surface area (Å²) in [5.74, 6) is 1.91. The smallest absolute Gasteiger partial charge is 0.129 e. The Bertz CT molecular complexity index is 464. The van der Waals surface area contributed by atoms with Crippen LogP contribution in [0.5, 0.6) is 5.75 Å². The lowest BCUT2D eigenvalue weighted by Crippen LogP contribution is -2.36. The molecule has 1 aliphatic rings. The van der Waals surface area contributed by atoms with Crippen LogP contribution in [0.4, 0.5) is 0 Å². The summed E-state index contributed by atoms with van der Waals surface area (Å²) >= 11 is 2.03. The molecule has 0 aromatic heterocycles. The third kappa shape index (κ3) is 3.64. The number of thioether (sulfide) groups is 1. The third-order valence-corrected chi connectivity index (χ3v) is 4.42. The van der Waals surface area contributed by atoms with Crippen LogP contribution in [0, 0.1) is 5.41 Å². The van der Waals surface area contributed by atoms with Gasteiger partial charge < -0.3 is 10.5 Å². The first kappa shape index (κ1) is 14.2. The fraction of sp³-hybridized carbons (Fsp3) is 0.500. The molecule has 1 fully saturated rings. The molecule has 0 amide bonds. The first-order valence-corrected chi connectivity index (χ1v) is 7.50. The number of benzene rings is 1. The Morgan fingerprint density at radius 2 is 2.37 bits per heavy atom. The van der Waals surface area contributed by atoms with Crippen molar-refractivity contribution in [1.82, 2.24) is 4.90 Å². The maximum absolute atomic E-state index is 7.61. The Labute approximate surface area is 118 Å². The van der Waals surface area contributed by atoms with E-state index in [9.17, 15) is 0 Å². The van der Waals surface area contributed by atoms with Crippen LogP contribution in [-0.2, 0) is 6.54 Å². The predicted octanol–water partition coefficient (Wildman–Crippen LogP) is 1.92. The van der Waals surface area contributed by atoms with E-state index in [-0.39, 0.29) is 5.84 Å². The van der Waals surface area contributed by atoms with Crippen molar-refractivity contribution in [3.8, 4) is 5.75 Å². The van der Waals surface area contributed by atoms with E-state index in [1.807, 2.05) is 23.9 Å². The molecule has 1 atom stereocenters. The van der Waals surface area contributed by atoms with Crippen LogP contribution in [0.25, 0.3) is 0 Å². The molecule has 4 nitrogen and oxygen atoms in total. The summed E-state index contributed by atoms with van der Waals surface area (Å²) in [6, 6.07) is 5.92. The van der Waals surface area contributed by atoms with Crippen molar-refractivity contribution in [2.45, 2.75) is 18.7 Å². The highest BCUT2D eigenvalue weighted by Gasteiger charge is 2.17. The molecule has 0 spiro atoms. The Morgan fingerprint density at radius 3 is 3.00 bits per heavy atom. The lowest BCUT2D eigenvalue weighted by atomic mass is 10.1. The lowest BCUT2D eigenvalue weighted by molar-refractivity contribution is 0.278. The number of hydrogen-bond donors (Lipinski definition) is 2. The molecule has 1 unspecified atom stereocenters. The monoisotopic (exact) mass is 279 g/mol. The average Bonchev–Trinajstić information content (AvgIpc) is 2.38. The number of ether oxygens (including phenoxy) is 1. The number of nitrogens with two attached hydrogens (primary N) is 1. The Morgan fingerprint density at radius 1 is 1.58 bits per heavy atom. The van der Waals surface area contributed by atoms with Gasteiger partial charge >= 0.3 is 0 Å². The second-order valence-electron chi connectivity index (χ2n) is 4.86. The van der Waals surface area contributed by atoms with E-state index in [1.165, 1.54) is 11.3 Å². The van der Waals surface area contributed by atoms with Crippen LogP contribution in [0.15, 0.2) is 18.2 Å². The van der Waals surface area contributed by atoms with Gasteiger partial charge in [0.1, 0.15) is 11.6 Å². The van der Waals surface area contributed by atoms with Crippen LogP contribution < -0.4 is 10.5 Å². The molecule has 2 rings (SSSR count). The van der Waals surface area contributed by atoms with Gasteiger partial charge in [0.15, 0.2) is 0 Å². The molecule has 0 aliphatic carbocycles. The highest BCUT2D eigenvalue weighted by Crippen LogP contribution is 2.23. The van der Waals surface area contributed by atoms with Crippen molar-refractivity contribution in [3.63, 3.8) is 0 Å². The second-order valence-corrected chi connectivity index (χ2v) is 6.41. The van der Waals surface area contributed by atoms with Crippen molar-refractivity contribution in [2.75, 3.05) is 26.0 Å². The van der Waals surface area contributed by atoms with Crippen LogP contribution in [0.2, 0.25) is 0 Å². The summed E-state index contributed by atoms with van der Waals surface area (Å²) in [5, 5.41) is 8.30. The largest absolute Gasteiger partial charge is 0.496 e. The van der Waals surface area contributed by atoms with Gasteiger partial charge in [0.2, 0.25) is 0 Å². The van der Waals surface area contributed by atoms with Crippen LogP contribution in [0.1, 0.15) is 18.1 Å². The fourth-order valence-electron chi connectivity index (χ4n) is 2.36. The topological polar surface area (TPSA) is 62.3 Å². The Hall–Kier alpha value is -1.20. The molecule has 0 saturated carbocycles. The van der Waals surface area contributed by atoms with E-state index < -0.39 is 0 Å². The van der Waals surface area contributed by atoms with Crippen molar-refractivity contribution in [3.05, 3.63) is 29.3 Å². The number of nitrogens with zero attached hydrogens (tertiary/aromatic N) is 1. The van der Waals surface area contributed by atoms with Gasteiger partial charge in [-0.25, -0.2) is 0 Å². The van der Waals surface area contributed by atoms with Gasteiger partial charge in [-0.3, -0.25) is 10.3 Å². The predicted molar refractivity (Wildman–Crippen MR) is 81.2 cm³/mol. The van der Waals surface area contributed by atoms with Crippen molar-refractivity contribution in [2.24, 2.45) is 5.73 Å². The van der Waals surface area contributed by atoms with E-state index in [0.29, 0.717) is 16.6 Å². The maximum atomic E-state index is 7.61. The number of nitrogen functional groups attached to an aromatic ring is 1. The quantitative estimate of drug-likeness (QED) is 0.653. The average molecular weight is 279 g/mol. The minimum absolute atomic E-state index is 0.0567. The Kier molecular flexibility index (Phi) is 4.71. The first-order valence-electron chi connectivity index (χ1n) is 6.45. The molecule has 0 bridgehead atoms. The molecule has 1 saturated heterocycles. The standard InChI is InChI=1S/C14H21N3OS/c1-10-8-17(5-6-19-10)9-11-3-4-13(18-2)12(7-11)14(15)16/h3-4,7,10H,5-6,8-9H2,1-2H3,(H3,15,16). The van der Waals surface area contributed by atoms with Crippen LogP contribution >= 0.6 is 11.8 Å². The number of methoxy groups -OCH3 is 1. The zero-order valence-electron chi connectivity index (χ0n) is 11.5. The van der Waals surface area contributed by atoms with Crippen LogP contribution in [0.3, 0.4) is 0 Å². The lowest BCUT2D eigenvalue weighted by Gasteiger charge is -2.30. The van der Waals surface area contributed by atoms with Gasteiger partial charge in [0.25, 0.3) is 0 Å². The second kappa shape index (κ2) is 6.30. The zero-order chi connectivity index (χ0) is 13.8. The molecule has 1 aromatic rings. The van der Waals surface area contributed by atoms with E-state index in [0.717, 1.165) is 19.6 Å². The normalized spacial score (nSPS) is 20.2. The number of nitrogens with one attached hydrogen (secondary N) is 1. The summed E-state index contributed by atoms with van der Waals surface area (Å²) < 4.78 is 5.23. The number of hydrogen-bond acceptors (Lipinski definition) is 4. The first-order chi connectivity index (χ1) is 9.10. The van der Waals surface area contributed by atoms with Crippen molar-refractivity contribution >= 4 is 17.6 Å². The van der Waals surface area contributed by atoms with Crippen molar-refractivity contribution < 1.29 is 4.74 Å². The summed E-state index contributed by atoms with van der Waals surface area (Å²) in [7, 11) is 1.60. The number of rotatable bonds is 4. The van der Waals surface area contributed by atoms with Gasteiger partial charge in [-0.15, -0.1) is 0 Å². The molecule has 5 heteroatoms. The third-order valence-electron chi connectivity index (χ3n) is 3.29.